The third kappa shape index (κ3) is 4.32. The van der Waals surface area contributed by atoms with Crippen LogP contribution in [0.5, 0.6) is 11.5 Å². The molecule has 0 aliphatic carbocycles. The number of hydrazone groups is 1. The molecule has 2 aromatic carbocycles. The Bertz CT molecular complexity index is 745. The lowest BCUT2D eigenvalue weighted by atomic mass is 10.1. The molecule has 0 unspecified atom stereocenters. The van der Waals surface area contributed by atoms with Gasteiger partial charge in [0.05, 0.1) is 24.9 Å². The topological polar surface area (TPSA) is 59.9 Å². The smallest absolute Gasteiger partial charge is 0.271 e. The van der Waals surface area contributed by atoms with E-state index in [4.69, 9.17) is 9.47 Å². The molecule has 1 N–H and O–H groups in total. The van der Waals surface area contributed by atoms with E-state index in [9.17, 15) is 4.79 Å². The predicted molar refractivity (Wildman–Crippen MR) is 93.5 cm³/mol. The molecule has 0 aromatic heterocycles. The van der Waals surface area contributed by atoms with E-state index in [0.717, 1.165) is 15.6 Å². The molecule has 23 heavy (non-hydrogen) atoms. The van der Waals surface area contributed by atoms with Crippen LogP contribution >= 0.6 is 15.9 Å². The van der Waals surface area contributed by atoms with Crippen LogP contribution in [0.4, 0.5) is 0 Å². The standard InChI is InChI=1S/C17H17BrN2O3/c1-11-5-4-6-13(7-11)17(21)20-19-10-12-8-14(18)16(23-3)15(9-12)22-2/h4-10H,1-3H3,(H,20,21)/b19-10+. The summed E-state index contributed by atoms with van der Waals surface area (Å²) in [5.41, 5.74) is 4.85. The van der Waals surface area contributed by atoms with Crippen LogP contribution in [0.25, 0.3) is 0 Å². The maximum atomic E-state index is 12.0. The Labute approximate surface area is 143 Å². The monoisotopic (exact) mass is 376 g/mol. The van der Waals surface area contributed by atoms with E-state index < -0.39 is 0 Å². The lowest BCUT2D eigenvalue weighted by Crippen LogP contribution is -2.17. The van der Waals surface area contributed by atoms with Crippen LogP contribution in [0.2, 0.25) is 0 Å². The van der Waals surface area contributed by atoms with Crippen LogP contribution in [-0.2, 0) is 0 Å². The van der Waals surface area contributed by atoms with Crippen LogP contribution in [0.15, 0.2) is 46.0 Å². The zero-order chi connectivity index (χ0) is 16.8. The zero-order valence-corrected chi connectivity index (χ0v) is 14.7. The molecule has 2 rings (SSSR count). The van der Waals surface area contributed by atoms with E-state index in [1.54, 1.807) is 38.6 Å². The molecule has 6 heteroatoms. The lowest BCUT2D eigenvalue weighted by molar-refractivity contribution is 0.0955. The van der Waals surface area contributed by atoms with E-state index in [1.807, 2.05) is 25.1 Å². The summed E-state index contributed by atoms with van der Waals surface area (Å²) in [5, 5.41) is 3.98. The molecule has 0 saturated carbocycles. The Morgan fingerprint density at radius 1 is 1.22 bits per heavy atom. The fraction of sp³-hybridized carbons (Fsp3) is 0.176. The predicted octanol–water partition coefficient (Wildman–Crippen LogP) is 3.54. The summed E-state index contributed by atoms with van der Waals surface area (Å²) >= 11 is 3.41. The molecular weight excluding hydrogens is 360 g/mol. The fourth-order valence-electron chi connectivity index (χ4n) is 2.03. The number of hydrogen-bond donors (Lipinski definition) is 1. The van der Waals surface area contributed by atoms with Gasteiger partial charge in [-0.3, -0.25) is 4.79 Å². The van der Waals surface area contributed by atoms with Gasteiger partial charge in [0.25, 0.3) is 5.91 Å². The van der Waals surface area contributed by atoms with Gasteiger partial charge in [0.2, 0.25) is 0 Å². The van der Waals surface area contributed by atoms with Gasteiger partial charge in [0.1, 0.15) is 0 Å². The first kappa shape index (κ1) is 17.0. The molecule has 0 aliphatic rings. The number of aryl methyl sites for hydroxylation is 1. The quantitative estimate of drug-likeness (QED) is 0.641. The Balaban J connectivity index is 2.11. The number of nitrogens with zero attached hydrogens (tertiary/aromatic N) is 1. The molecule has 0 spiro atoms. The number of nitrogens with one attached hydrogen (secondary N) is 1. The Morgan fingerprint density at radius 3 is 2.65 bits per heavy atom. The lowest BCUT2D eigenvalue weighted by Gasteiger charge is -2.10. The maximum Gasteiger partial charge on any atom is 0.271 e. The molecule has 0 radical (unpaired) electrons. The first-order valence-corrected chi connectivity index (χ1v) is 7.66. The highest BCUT2D eigenvalue weighted by Gasteiger charge is 2.09. The van der Waals surface area contributed by atoms with Gasteiger partial charge in [-0.15, -0.1) is 0 Å². The molecule has 0 bridgehead atoms. The number of methoxy groups -OCH3 is 2. The molecule has 120 valence electrons. The molecule has 5 nitrogen and oxygen atoms in total. The minimum absolute atomic E-state index is 0.260. The summed E-state index contributed by atoms with van der Waals surface area (Å²) in [7, 11) is 3.13. The van der Waals surface area contributed by atoms with Gasteiger partial charge < -0.3 is 9.47 Å². The number of amides is 1. The van der Waals surface area contributed by atoms with Gasteiger partial charge in [-0.25, -0.2) is 5.43 Å². The molecule has 2 aromatic rings. The molecule has 0 atom stereocenters. The minimum atomic E-state index is -0.260. The van der Waals surface area contributed by atoms with Crippen molar-refractivity contribution in [3.8, 4) is 11.5 Å². The normalized spacial score (nSPS) is 10.6. The van der Waals surface area contributed by atoms with Crippen molar-refractivity contribution in [1.29, 1.82) is 0 Å². The Hall–Kier alpha value is -2.34. The van der Waals surface area contributed by atoms with Crippen LogP contribution in [-0.4, -0.2) is 26.3 Å². The summed E-state index contributed by atoms with van der Waals surface area (Å²) in [6.45, 7) is 1.93. The van der Waals surface area contributed by atoms with Gasteiger partial charge in [0.15, 0.2) is 11.5 Å². The first-order chi connectivity index (χ1) is 11.0. The summed E-state index contributed by atoms with van der Waals surface area (Å²) in [6, 6.07) is 10.9. The number of carbonyl (C=O) groups is 1. The number of hydrogen-bond acceptors (Lipinski definition) is 4. The Kier molecular flexibility index (Phi) is 5.76. The zero-order valence-electron chi connectivity index (χ0n) is 13.1. The second kappa shape index (κ2) is 7.78. The Morgan fingerprint density at radius 2 is 2.00 bits per heavy atom. The summed E-state index contributed by atoms with van der Waals surface area (Å²) in [5.74, 6) is 0.922. The molecular formula is C17H17BrN2O3. The summed E-state index contributed by atoms with van der Waals surface area (Å²) < 4.78 is 11.3. The number of ether oxygens (including phenoxy) is 2. The molecule has 0 fully saturated rings. The van der Waals surface area contributed by atoms with Crippen molar-refractivity contribution in [2.45, 2.75) is 6.92 Å². The number of halogens is 1. The second-order valence-electron chi connectivity index (χ2n) is 4.81. The van der Waals surface area contributed by atoms with Gasteiger partial charge in [0, 0.05) is 5.56 Å². The highest BCUT2D eigenvalue weighted by Crippen LogP contribution is 2.35. The fourth-order valence-corrected chi connectivity index (χ4v) is 2.65. The highest BCUT2D eigenvalue weighted by atomic mass is 79.9. The molecule has 0 saturated heterocycles. The van der Waals surface area contributed by atoms with Gasteiger partial charge in [-0.05, 0) is 52.7 Å². The average molecular weight is 377 g/mol. The van der Waals surface area contributed by atoms with Crippen LogP contribution in [0, 0.1) is 6.92 Å². The van der Waals surface area contributed by atoms with Gasteiger partial charge in [-0.2, -0.15) is 5.10 Å². The van der Waals surface area contributed by atoms with Crippen LogP contribution < -0.4 is 14.9 Å². The number of carbonyl (C=O) groups excluding carboxylic acids is 1. The van der Waals surface area contributed by atoms with E-state index in [0.29, 0.717) is 17.1 Å². The maximum absolute atomic E-state index is 12.0. The second-order valence-corrected chi connectivity index (χ2v) is 5.66. The van der Waals surface area contributed by atoms with E-state index in [2.05, 4.69) is 26.5 Å². The SMILES string of the molecule is COc1cc(/C=N/NC(=O)c2cccc(C)c2)cc(Br)c1OC. The minimum Gasteiger partial charge on any atom is -0.493 e. The van der Waals surface area contributed by atoms with Crippen LogP contribution in [0.1, 0.15) is 21.5 Å². The number of benzene rings is 2. The molecule has 0 aliphatic heterocycles. The van der Waals surface area contributed by atoms with Crippen molar-refractivity contribution < 1.29 is 14.3 Å². The van der Waals surface area contributed by atoms with E-state index in [1.165, 1.54) is 0 Å². The highest BCUT2D eigenvalue weighted by molar-refractivity contribution is 9.10. The summed E-state index contributed by atoms with van der Waals surface area (Å²) in [6.07, 6.45) is 1.54. The van der Waals surface area contributed by atoms with Crippen molar-refractivity contribution in [1.82, 2.24) is 5.43 Å². The van der Waals surface area contributed by atoms with Crippen molar-refractivity contribution in [3.63, 3.8) is 0 Å². The molecule has 1 amide bonds. The van der Waals surface area contributed by atoms with Crippen molar-refractivity contribution in [3.05, 3.63) is 57.6 Å². The van der Waals surface area contributed by atoms with E-state index in [-0.39, 0.29) is 5.91 Å². The first-order valence-electron chi connectivity index (χ1n) is 6.86. The summed E-state index contributed by atoms with van der Waals surface area (Å²) in [4.78, 5) is 12.0. The largest absolute Gasteiger partial charge is 0.493 e. The number of rotatable bonds is 5. The third-order valence-electron chi connectivity index (χ3n) is 3.12. The van der Waals surface area contributed by atoms with Crippen LogP contribution in [0.3, 0.4) is 0 Å². The van der Waals surface area contributed by atoms with E-state index >= 15 is 0 Å². The third-order valence-corrected chi connectivity index (χ3v) is 3.70. The van der Waals surface area contributed by atoms with Gasteiger partial charge in [-0.1, -0.05) is 17.7 Å². The molecule has 0 heterocycles. The van der Waals surface area contributed by atoms with Crippen molar-refractivity contribution in [2.24, 2.45) is 5.10 Å². The average Bonchev–Trinajstić information content (AvgIpc) is 2.54. The van der Waals surface area contributed by atoms with Crippen molar-refractivity contribution >= 4 is 28.1 Å². The van der Waals surface area contributed by atoms with Crippen molar-refractivity contribution in [2.75, 3.05) is 14.2 Å². The van der Waals surface area contributed by atoms with Gasteiger partial charge >= 0.3 is 0 Å².